The first-order valence-corrected chi connectivity index (χ1v) is 16.4. The van der Waals surface area contributed by atoms with Crippen LogP contribution in [0.1, 0.15) is 48.5 Å². The number of nitrogens with zero attached hydrogens (tertiary/aromatic N) is 6. The summed E-state index contributed by atoms with van der Waals surface area (Å²) < 4.78 is 30.3. The van der Waals surface area contributed by atoms with Crippen LogP contribution in [0.2, 0.25) is 5.02 Å². The number of rotatable bonds is 12. The van der Waals surface area contributed by atoms with Crippen LogP contribution in [-0.4, -0.2) is 59.3 Å². The van der Waals surface area contributed by atoms with E-state index in [1.807, 2.05) is 48.9 Å². The van der Waals surface area contributed by atoms with Crippen molar-refractivity contribution in [2.45, 2.75) is 58.0 Å². The van der Waals surface area contributed by atoms with Crippen molar-refractivity contribution in [2.75, 3.05) is 13.1 Å². The first-order valence-electron chi connectivity index (χ1n) is 16.0. The number of carboxylic acid groups (broad SMARTS) is 1. The molecule has 0 bridgehead atoms. The Labute approximate surface area is 282 Å². The molecule has 2 atom stereocenters. The molecule has 1 aliphatic carbocycles. The summed E-state index contributed by atoms with van der Waals surface area (Å²) in [5, 5.41) is 9.88. The number of aromatic nitrogens is 5. The van der Waals surface area contributed by atoms with E-state index in [2.05, 4.69) is 42.8 Å². The third kappa shape index (κ3) is 6.72. The van der Waals surface area contributed by atoms with Crippen LogP contribution >= 0.6 is 11.6 Å². The number of likely N-dealkylation sites (tertiary alicyclic amines) is 1. The average Bonchev–Trinajstić information content (AvgIpc) is 3.65. The number of hydrogen-bond donors (Lipinski definition) is 1. The lowest BCUT2D eigenvalue weighted by molar-refractivity contribution is -0.140. The van der Waals surface area contributed by atoms with Crippen LogP contribution in [0.25, 0.3) is 11.0 Å². The molecule has 1 N–H and O–H groups in total. The molecule has 7 rings (SSSR count). The molecule has 4 heterocycles. The summed E-state index contributed by atoms with van der Waals surface area (Å²) >= 11 is 5.84. The predicted octanol–water partition coefficient (Wildman–Crippen LogP) is 5.91. The van der Waals surface area contributed by atoms with Gasteiger partial charge in [-0.2, -0.15) is 0 Å². The minimum Gasteiger partial charge on any atom is -0.484 e. The van der Waals surface area contributed by atoms with Crippen molar-refractivity contribution in [1.82, 2.24) is 29.0 Å². The number of carbonyl (C=O) groups is 1. The molecule has 0 amide bonds. The van der Waals surface area contributed by atoms with E-state index in [1.165, 1.54) is 12.1 Å². The fraction of sp³-hybridized carbons (Fsp3) is 0.333. The van der Waals surface area contributed by atoms with E-state index in [4.69, 9.17) is 26.1 Å². The Kier molecular flexibility index (Phi) is 9.02. The van der Waals surface area contributed by atoms with E-state index in [0.717, 1.165) is 60.6 Å². The number of aryl methyl sites for hydroxylation is 1. The van der Waals surface area contributed by atoms with Gasteiger partial charge in [-0.3, -0.25) is 9.69 Å². The molecular formula is C36H34ClFN6O4. The standard InChI is InChI=1S/C36H34ClFN6O4/c1-2-43-22-39-18-26(43)19-44-32-16-23(28-8-9-29(28)36(45)46)6-10-31(32)41-34(44)20-42-14-12-27(13-15-42)48-35-5-3-4-25(40-35)21-47-33-11-7-24(37)17-30(33)38/h3-7,10-11,16-18,22,27-29H,2,12-15,19-21H2,1H3,(H,45,46). The van der Waals surface area contributed by atoms with Crippen LogP contribution in [0.3, 0.4) is 0 Å². The van der Waals surface area contributed by atoms with Gasteiger partial charge < -0.3 is 23.7 Å². The van der Waals surface area contributed by atoms with Gasteiger partial charge in [0.25, 0.3) is 0 Å². The highest BCUT2D eigenvalue weighted by molar-refractivity contribution is 6.30. The number of hydrogen-bond acceptors (Lipinski definition) is 7. The van der Waals surface area contributed by atoms with E-state index in [0.29, 0.717) is 29.7 Å². The second-order valence-corrected chi connectivity index (χ2v) is 12.5. The van der Waals surface area contributed by atoms with Gasteiger partial charge in [-0.25, -0.2) is 19.3 Å². The van der Waals surface area contributed by atoms with Gasteiger partial charge in [-0.05, 0) is 61.7 Å². The quantitative estimate of drug-likeness (QED) is 0.164. The van der Waals surface area contributed by atoms with Crippen molar-refractivity contribution in [2.24, 2.45) is 5.92 Å². The lowest BCUT2D eigenvalue weighted by Gasteiger charge is -2.31. The SMILES string of the molecule is CCn1cncc1Cn1c(CN2CCC(Oc3cccc(COc4ccc(Cl)cc4F)n3)CC2)nc2ccc(C3C#CC3C(=O)O)cc21. The summed E-state index contributed by atoms with van der Waals surface area (Å²) in [6.45, 7) is 5.89. The van der Waals surface area contributed by atoms with Gasteiger partial charge in [0.05, 0.1) is 47.8 Å². The van der Waals surface area contributed by atoms with Crippen LogP contribution in [-0.2, 0) is 31.0 Å². The number of aliphatic carboxylic acids is 1. The number of ether oxygens (including phenoxy) is 2. The monoisotopic (exact) mass is 668 g/mol. The molecule has 5 aromatic rings. The molecule has 1 saturated heterocycles. The largest absolute Gasteiger partial charge is 0.484 e. The number of imidazole rings is 2. The molecule has 0 spiro atoms. The maximum absolute atomic E-state index is 14.1. The molecule has 48 heavy (non-hydrogen) atoms. The van der Waals surface area contributed by atoms with Gasteiger partial charge in [0.15, 0.2) is 11.6 Å². The number of benzene rings is 2. The summed E-state index contributed by atoms with van der Waals surface area (Å²) in [5.74, 6) is 4.95. The molecule has 246 valence electrons. The molecule has 2 unspecified atom stereocenters. The number of carboxylic acids is 1. The zero-order chi connectivity index (χ0) is 33.2. The van der Waals surface area contributed by atoms with E-state index in [-0.39, 0.29) is 24.4 Å². The minimum atomic E-state index is -0.893. The molecule has 12 heteroatoms. The van der Waals surface area contributed by atoms with E-state index < -0.39 is 17.7 Å². The second-order valence-electron chi connectivity index (χ2n) is 12.0. The average molecular weight is 669 g/mol. The number of pyridine rings is 1. The van der Waals surface area contributed by atoms with Gasteiger partial charge >= 0.3 is 5.97 Å². The zero-order valence-electron chi connectivity index (χ0n) is 26.4. The Morgan fingerprint density at radius 1 is 1.08 bits per heavy atom. The molecule has 0 radical (unpaired) electrons. The van der Waals surface area contributed by atoms with Gasteiger partial charge in [0.1, 0.15) is 24.5 Å². The Balaban J connectivity index is 1.02. The highest BCUT2D eigenvalue weighted by atomic mass is 35.5. The summed E-state index contributed by atoms with van der Waals surface area (Å²) in [7, 11) is 0. The first kappa shape index (κ1) is 31.7. The summed E-state index contributed by atoms with van der Waals surface area (Å²) in [4.78, 5) is 28.0. The molecule has 3 aromatic heterocycles. The molecule has 1 fully saturated rings. The smallest absolute Gasteiger partial charge is 0.320 e. The van der Waals surface area contributed by atoms with E-state index in [9.17, 15) is 14.3 Å². The number of halogens is 2. The van der Waals surface area contributed by atoms with Gasteiger partial charge in [0.2, 0.25) is 5.88 Å². The molecular weight excluding hydrogens is 635 g/mol. The minimum absolute atomic E-state index is 0.00433. The number of piperidine rings is 1. The summed E-state index contributed by atoms with van der Waals surface area (Å²) in [6, 6.07) is 15.8. The zero-order valence-corrected chi connectivity index (χ0v) is 27.1. The number of fused-ring (bicyclic) bond motifs is 1. The molecule has 2 aliphatic rings. The molecule has 10 nitrogen and oxygen atoms in total. The highest BCUT2D eigenvalue weighted by Gasteiger charge is 2.32. The third-order valence-electron chi connectivity index (χ3n) is 8.90. The fourth-order valence-corrected chi connectivity index (χ4v) is 6.40. The molecule has 1 aliphatic heterocycles. The third-order valence-corrected chi connectivity index (χ3v) is 9.14. The topological polar surface area (TPSA) is 108 Å². The van der Waals surface area contributed by atoms with Crippen LogP contribution < -0.4 is 9.47 Å². The van der Waals surface area contributed by atoms with Crippen molar-refractivity contribution >= 4 is 28.6 Å². The highest BCUT2D eigenvalue weighted by Crippen LogP contribution is 2.33. The second kappa shape index (κ2) is 13.7. The predicted molar refractivity (Wildman–Crippen MR) is 177 cm³/mol. The molecule has 2 aromatic carbocycles. The van der Waals surface area contributed by atoms with Crippen LogP contribution in [0, 0.1) is 23.6 Å². The van der Waals surface area contributed by atoms with Crippen molar-refractivity contribution < 1.29 is 23.8 Å². The van der Waals surface area contributed by atoms with Crippen molar-refractivity contribution in [1.29, 1.82) is 0 Å². The normalized spacial score (nSPS) is 17.9. The van der Waals surface area contributed by atoms with Crippen molar-refractivity contribution in [3.05, 3.63) is 101 Å². The molecule has 0 saturated carbocycles. The van der Waals surface area contributed by atoms with Gasteiger partial charge in [-0.1, -0.05) is 35.6 Å². The van der Waals surface area contributed by atoms with Gasteiger partial charge in [0, 0.05) is 36.9 Å². The fourth-order valence-electron chi connectivity index (χ4n) is 6.24. The Bertz CT molecular complexity index is 2030. The van der Waals surface area contributed by atoms with Crippen LogP contribution in [0.15, 0.2) is 67.1 Å². The Hall–Kier alpha value is -4.92. The Morgan fingerprint density at radius 2 is 1.94 bits per heavy atom. The lowest BCUT2D eigenvalue weighted by atomic mass is 9.80. The maximum atomic E-state index is 14.1. The maximum Gasteiger partial charge on any atom is 0.320 e. The Morgan fingerprint density at radius 3 is 2.69 bits per heavy atom. The van der Waals surface area contributed by atoms with Crippen molar-refractivity contribution in [3.63, 3.8) is 0 Å². The van der Waals surface area contributed by atoms with Crippen molar-refractivity contribution in [3.8, 4) is 23.5 Å². The lowest BCUT2D eigenvalue weighted by Crippen LogP contribution is -2.38. The van der Waals surface area contributed by atoms with Crippen LogP contribution in [0.5, 0.6) is 11.6 Å². The summed E-state index contributed by atoms with van der Waals surface area (Å²) in [6.07, 6.45) is 5.37. The van der Waals surface area contributed by atoms with E-state index in [1.54, 1.807) is 6.07 Å². The van der Waals surface area contributed by atoms with Gasteiger partial charge in [-0.15, -0.1) is 0 Å². The summed E-state index contributed by atoms with van der Waals surface area (Å²) in [5.41, 5.74) is 4.41. The van der Waals surface area contributed by atoms with E-state index >= 15 is 0 Å². The first-order chi connectivity index (χ1) is 23.3. The van der Waals surface area contributed by atoms with Crippen LogP contribution in [0.4, 0.5) is 4.39 Å².